The molecule has 2 aromatic rings. The molecule has 0 spiro atoms. The van der Waals surface area contributed by atoms with Gasteiger partial charge in [0, 0.05) is 32.2 Å². The minimum absolute atomic E-state index is 0.101. The van der Waals surface area contributed by atoms with Gasteiger partial charge in [0.25, 0.3) is 11.6 Å². The third kappa shape index (κ3) is 4.40. The number of aliphatic imine (C=N–C) groups is 1. The number of nitro groups is 1. The van der Waals surface area contributed by atoms with E-state index in [1.807, 2.05) is 21.9 Å². The first-order chi connectivity index (χ1) is 15.5. The molecular weight excluding hydrogens is 432 g/mol. The summed E-state index contributed by atoms with van der Waals surface area (Å²) in [6.07, 6.45) is 1.79. The number of amidine groups is 1. The molecule has 10 heteroatoms. The van der Waals surface area contributed by atoms with Crippen molar-refractivity contribution in [1.29, 1.82) is 0 Å². The zero-order valence-corrected chi connectivity index (χ0v) is 18.5. The van der Waals surface area contributed by atoms with Crippen LogP contribution in [-0.4, -0.2) is 61.3 Å². The van der Waals surface area contributed by atoms with Gasteiger partial charge >= 0.3 is 0 Å². The molecule has 2 heterocycles. The second-order valence-electron chi connectivity index (χ2n) is 7.14. The van der Waals surface area contributed by atoms with E-state index in [0.717, 1.165) is 5.56 Å². The zero-order valence-electron chi connectivity index (χ0n) is 17.7. The molecule has 1 amide bonds. The normalized spacial score (nSPS) is 17.5. The van der Waals surface area contributed by atoms with Gasteiger partial charge in [0.1, 0.15) is 5.69 Å². The molecule has 0 radical (unpaired) electrons. The number of carbonyl (C=O) groups is 1. The molecule has 2 aliphatic heterocycles. The van der Waals surface area contributed by atoms with Gasteiger partial charge in [-0.2, -0.15) is 4.99 Å². The number of amides is 1. The Balaban J connectivity index is 1.43. The Bertz CT molecular complexity index is 1110. The quantitative estimate of drug-likeness (QED) is 0.385. The van der Waals surface area contributed by atoms with Crippen LogP contribution in [0, 0.1) is 10.1 Å². The van der Waals surface area contributed by atoms with Crippen LogP contribution in [0.15, 0.2) is 52.4 Å². The van der Waals surface area contributed by atoms with E-state index in [9.17, 15) is 14.9 Å². The fourth-order valence-electron chi connectivity index (χ4n) is 3.65. The van der Waals surface area contributed by atoms with Crippen molar-refractivity contribution >= 4 is 40.3 Å². The van der Waals surface area contributed by atoms with E-state index < -0.39 is 0 Å². The Morgan fingerprint density at radius 2 is 1.72 bits per heavy atom. The Morgan fingerprint density at radius 1 is 1.03 bits per heavy atom. The van der Waals surface area contributed by atoms with Gasteiger partial charge in [0.15, 0.2) is 16.7 Å². The molecule has 32 heavy (non-hydrogen) atoms. The Morgan fingerprint density at radius 3 is 2.41 bits per heavy atom. The van der Waals surface area contributed by atoms with Crippen molar-refractivity contribution in [3.63, 3.8) is 0 Å². The SMILES string of the molecule is COc1ccc(/C=C2/SC(N3CCN(c4ccccc4[N+](=O)[O-])CC3)=NC2=O)cc1OC. The van der Waals surface area contributed by atoms with Crippen molar-refractivity contribution in [2.24, 2.45) is 4.99 Å². The highest BCUT2D eigenvalue weighted by Crippen LogP contribution is 2.34. The lowest BCUT2D eigenvalue weighted by Crippen LogP contribution is -2.48. The van der Waals surface area contributed by atoms with Crippen molar-refractivity contribution < 1.29 is 19.2 Å². The average molecular weight is 455 g/mol. The molecule has 9 nitrogen and oxygen atoms in total. The van der Waals surface area contributed by atoms with Crippen LogP contribution in [0.25, 0.3) is 6.08 Å². The molecule has 0 N–H and O–H groups in total. The summed E-state index contributed by atoms with van der Waals surface area (Å²) in [6.45, 7) is 2.45. The third-order valence-corrected chi connectivity index (χ3v) is 6.33. The van der Waals surface area contributed by atoms with Gasteiger partial charge in [-0.1, -0.05) is 18.2 Å². The summed E-state index contributed by atoms with van der Waals surface area (Å²) >= 11 is 1.34. The average Bonchev–Trinajstić information content (AvgIpc) is 3.19. The largest absolute Gasteiger partial charge is 0.493 e. The van der Waals surface area contributed by atoms with E-state index in [1.165, 1.54) is 17.8 Å². The minimum atomic E-state index is -0.359. The van der Waals surface area contributed by atoms with Crippen molar-refractivity contribution in [1.82, 2.24) is 4.90 Å². The number of piperazine rings is 1. The van der Waals surface area contributed by atoms with Gasteiger partial charge in [-0.15, -0.1) is 0 Å². The molecule has 0 aliphatic carbocycles. The first kappa shape index (κ1) is 21.7. The zero-order chi connectivity index (χ0) is 22.7. The molecule has 0 saturated carbocycles. The van der Waals surface area contributed by atoms with Crippen molar-refractivity contribution in [3.8, 4) is 11.5 Å². The number of methoxy groups -OCH3 is 2. The lowest BCUT2D eigenvalue weighted by atomic mass is 10.2. The summed E-state index contributed by atoms with van der Waals surface area (Å²) in [6, 6.07) is 12.2. The fourth-order valence-corrected chi connectivity index (χ4v) is 4.62. The van der Waals surface area contributed by atoms with Gasteiger partial charge in [0.2, 0.25) is 0 Å². The lowest BCUT2D eigenvalue weighted by molar-refractivity contribution is -0.384. The summed E-state index contributed by atoms with van der Waals surface area (Å²) in [5, 5.41) is 12.0. The molecule has 0 aromatic heterocycles. The number of nitrogens with zero attached hydrogens (tertiary/aromatic N) is 4. The Kier molecular flexibility index (Phi) is 6.31. The topological polar surface area (TPSA) is 97.5 Å². The number of hydrogen-bond donors (Lipinski definition) is 0. The molecule has 2 aliphatic rings. The smallest absolute Gasteiger partial charge is 0.292 e. The molecule has 1 fully saturated rings. The maximum Gasteiger partial charge on any atom is 0.292 e. The molecule has 1 saturated heterocycles. The monoisotopic (exact) mass is 454 g/mol. The van der Waals surface area contributed by atoms with Crippen LogP contribution in [0.4, 0.5) is 11.4 Å². The van der Waals surface area contributed by atoms with E-state index in [0.29, 0.717) is 53.4 Å². The lowest BCUT2D eigenvalue weighted by Gasteiger charge is -2.36. The number of benzene rings is 2. The van der Waals surface area contributed by atoms with Crippen LogP contribution in [-0.2, 0) is 4.79 Å². The maximum absolute atomic E-state index is 12.5. The van der Waals surface area contributed by atoms with Crippen LogP contribution in [0.2, 0.25) is 0 Å². The molecule has 4 rings (SSSR count). The fraction of sp³-hybridized carbons (Fsp3) is 0.273. The van der Waals surface area contributed by atoms with Crippen molar-refractivity contribution in [2.75, 3.05) is 45.3 Å². The number of rotatable bonds is 5. The van der Waals surface area contributed by atoms with Gasteiger partial charge in [-0.05, 0) is 41.6 Å². The second kappa shape index (κ2) is 9.31. The number of ether oxygens (including phenoxy) is 2. The van der Waals surface area contributed by atoms with E-state index in [-0.39, 0.29) is 16.5 Å². The summed E-state index contributed by atoms with van der Waals surface area (Å²) in [5.41, 5.74) is 1.53. The first-order valence-corrected chi connectivity index (χ1v) is 10.8. The molecule has 0 atom stereocenters. The molecule has 0 bridgehead atoms. The van der Waals surface area contributed by atoms with Crippen molar-refractivity contribution in [3.05, 3.63) is 63.0 Å². The minimum Gasteiger partial charge on any atom is -0.493 e. The summed E-state index contributed by atoms with van der Waals surface area (Å²) in [7, 11) is 3.14. The van der Waals surface area contributed by atoms with Crippen LogP contribution >= 0.6 is 11.8 Å². The first-order valence-electron chi connectivity index (χ1n) is 9.98. The summed E-state index contributed by atoms with van der Waals surface area (Å²) in [5.74, 6) is 0.930. The summed E-state index contributed by atoms with van der Waals surface area (Å²) < 4.78 is 10.6. The predicted octanol–water partition coefficient (Wildman–Crippen LogP) is 3.40. The van der Waals surface area contributed by atoms with Gasteiger partial charge in [0.05, 0.1) is 24.0 Å². The van der Waals surface area contributed by atoms with Gasteiger partial charge in [-0.3, -0.25) is 14.9 Å². The summed E-state index contributed by atoms with van der Waals surface area (Å²) in [4.78, 5) is 32.2. The molecular formula is C22H22N4O5S. The number of nitro benzene ring substituents is 1. The highest BCUT2D eigenvalue weighted by Gasteiger charge is 2.30. The number of hydrogen-bond acceptors (Lipinski definition) is 8. The van der Waals surface area contributed by atoms with Gasteiger partial charge < -0.3 is 19.3 Å². The standard InChI is InChI=1S/C22H22N4O5S/c1-30-18-8-7-15(13-19(18)31-2)14-20-21(27)23-22(32-20)25-11-9-24(10-12-25)16-5-3-4-6-17(16)26(28)29/h3-8,13-14H,9-12H2,1-2H3/b20-14+. The van der Waals surface area contributed by atoms with E-state index in [1.54, 1.807) is 44.6 Å². The predicted molar refractivity (Wildman–Crippen MR) is 124 cm³/mol. The Hall–Kier alpha value is -3.53. The van der Waals surface area contributed by atoms with E-state index >= 15 is 0 Å². The van der Waals surface area contributed by atoms with E-state index in [2.05, 4.69) is 4.99 Å². The third-order valence-electron chi connectivity index (χ3n) is 5.28. The molecule has 2 aromatic carbocycles. The van der Waals surface area contributed by atoms with Crippen LogP contribution < -0.4 is 14.4 Å². The van der Waals surface area contributed by atoms with E-state index in [4.69, 9.17) is 9.47 Å². The second-order valence-corrected chi connectivity index (χ2v) is 8.15. The van der Waals surface area contributed by atoms with Crippen molar-refractivity contribution in [2.45, 2.75) is 0 Å². The highest BCUT2D eigenvalue weighted by atomic mass is 32.2. The maximum atomic E-state index is 12.5. The molecule has 0 unspecified atom stereocenters. The Labute approximate surface area is 189 Å². The van der Waals surface area contributed by atoms with Crippen LogP contribution in [0.1, 0.15) is 5.56 Å². The number of thioether (sulfide) groups is 1. The van der Waals surface area contributed by atoms with Crippen LogP contribution in [0.5, 0.6) is 11.5 Å². The van der Waals surface area contributed by atoms with Gasteiger partial charge in [-0.25, -0.2) is 0 Å². The highest BCUT2D eigenvalue weighted by molar-refractivity contribution is 8.18. The number of para-hydroxylation sites is 2. The molecule has 166 valence electrons. The van der Waals surface area contributed by atoms with Crippen LogP contribution in [0.3, 0.4) is 0 Å². The number of carbonyl (C=O) groups excluding carboxylic acids is 1. The number of anilines is 1.